The van der Waals surface area contributed by atoms with Crippen LogP contribution in [0.2, 0.25) is 0 Å². The van der Waals surface area contributed by atoms with Crippen molar-refractivity contribution >= 4 is 29.8 Å². The molecule has 0 spiro atoms. The first kappa shape index (κ1) is 33.5. The van der Waals surface area contributed by atoms with E-state index in [1.165, 1.54) is 12.2 Å². The van der Waals surface area contributed by atoms with Gasteiger partial charge in [-0.1, -0.05) is 80.6 Å². The van der Waals surface area contributed by atoms with Crippen LogP contribution in [0, 0.1) is 5.92 Å². The number of carbonyl (C=O) groups is 5. The number of esters is 1. The Bertz CT molecular complexity index is 1200. The topological polar surface area (TPSA) is 166 Å². The molecule has 0 aliphatic heterocycles. The van der Waals surface area contributed by atoms with Crippen molar-refractivity contribution in [1.82, 2.24) is 16.0 Å². The quantitative estimate of drug-likeness (QED) is 0.175. The van der Waals surface area contributed by atoms with Gasteiger partial charge in [0.15, 0.2) is 0 Å². The second-order valence-corrected chi connectivity index (χ2v) is 9.91. The van der Waals surface area contributed by atoms with Gasteiger partial charge in [-0.05, 0) is 30.4 Å². The first-order chi connectivity index (χ1) is 20.1. The van der Waals surface area contributed by atoms with E-state index in [9.17, 15) is 24.0 Å². The molecule has 0 aromatic heterocycles. The fourth-order valence-electron chi connectivity index (χ4n) is 3.93. The van der Waals surface area contributed by atoms with Crippen molar-refractivity contribution in [3.05, 3.63) is 83.9 Å². The zero-order valence-corrected chi connectivity index (χ0v) is 24.2. The summed E-state index contributed by atoms with van der Waals surface area (Å²) in [5, 5.41) is 8.12. The van der Waals surface area contributed by atoms with Gasteiger partial charge >= 0.3 is 12.1 Å². The molecule has 226 valence electrons. The third-order valence-electron chi connectivity index (χ3n) is 6.13. The molecule has 0 saturated heterocycles. The molecule has 4 amide bonds. The van der Waals surface area contributed by atoms with Crippen molar-refractivity contribution < 1.29 is 33.4 Å². The Labute approximate surface area is 246 Å². The highest BCUT2D eigenvalue weighted by Crippen LogP contribution is 2.09. The largest absolute Gasteiger partial charge is 0.463 e. The molecule has 0 heterocycles. The fourth-order valence-corrected chi connectivity index (χ4v) is 3.93. The molecule has 3 atom stereocenters. The van der Waals surface area contributed by atoms with Crippen molar-refractivity contribution in [2.45, 2.75) is 64.8 Å². The van der Waals surface area contributed by atoms with E-state index < -0.39 is 47.9 Å². The Morgan fingerprint density at radius 2 is 1.45 bits per heavy atom. The second-order valence-electron chi connectivity index (χ2n) is 9.91. The van der Waals surface area contributed by atoms with E-state index in [1.54, 1.807) is 20.8 Å². The zero-order chi connectivity index (χ0) is 30.9. The second kappa shape index (κ2) is 17.9. The zero-order valence-electron chi connectivity index (χ0n) is 24.2. The van der Waals surface area contributed by atoms with Crippen LogP contribution in [-0.2, 0) is 41.7 Å². The molecule has 0 saturated carbocycles. The van der Waals surface area contributed by atoms with Gasteiger partial charge in [-0.3, -0.25) is 14.4 Å². The molecule has 0 bridgehead atoms. The Morgan fingerprint density at radius 3 is 2.02 bits per heavy atom. The molecule has 0 aliphatic rings. The van der Waals surface area contributed by atoms with Crippen molar-refractivity contribution in [3.8, 4) is 0 Å². The SMILES string of the molecule is CCOC(=O)C=C[C@H](CCC(N)=O)NC(=O)[C@H](Cc1ccccc1)NC(=O)[C@@H](NC(=O)OCc1ccccc1)C(C)C. The summed E-state index contributed by atoms with van der Waals surface area (Å²) in [7, 11) is 0. The number of ether oxygens (including phenoxy) is 2. The van der Waals surface area contributed by atoms with Gasteiger partial charge in [0.25, 0.3) is 0 Å². The third-order valence-corrected chi connectivity index (χ3v) is 6.13. The van der Waals surface area contributed by atoms with Crippen LogP contribution in [0.25, 0.3) is 0 Å². The number of hydrogen-bond donors (Lipinski definition) is 4. The van der Waals surface area contributed by atoms with Crippen LogP contribution in [0.1, 0.15) is 44.7 Å². The van der Waals surface area contributed by atoms with E-state index in [0.29, 0.717) is 0 Å². The van der Waals surface area contributed by atoms with Crippen molar-refractivity contribution in [2.75, 3.05) is 6.61 Å². The molecular weight excluding hydrogens is 540 g/mol. The van der Waals surface area contributed by atoms with E-state index in [4.69, 9.17) is 15.2 Å². The van der Waals surface area contributed by atoms with Crippen molar-refractivity contribution in [1.29, 1.82) is 0 Å². The van der Waals surface area contributed by atoms with E-state index in [1.807, 2.05) is 60.7 Å². The number of nitrogens with two attached hydrogens (primary N) is 1. The number of carbonyl (C=O) groups excluding carboxylic acids is 5. The summed E-state index contributed by atoms with van der Waals surface area (Å²) >= 11 is 0. The van der Waals surface area contributed by atoms with Crippen LogP contribution in [-0.4, -0.2) is 54.5 Å². The summed E-state index contributed by atoms with van der Waals surface area (Å²) in [6.45, 7) is 5.39. The van der Waals surface area contributed by atoms with Crippen LogP contribution in [0.15, 0.2) is 72.8 Å². The molecule has 0 radical (unpaired) electrons. The lowest BCUT2D eigenvalue weighted by Crippen LogP contribution is -2.56. The first-order valence-electron chi connectivity index (χ1n) is 13.8. The smallest absolute Gasteiger partial charge is 0.408 e. The molecule has 0 unspecified atom stereocenters. The van der Waals surface area contributed by atoms with E-state index in [0.717, 1.165) is 11.1 Å². The molecule has 11 nitrogen and oxygen atoms in total. The Balaban J connectivity index is 2.18. The van der Waals surface area contributed by atoms with Crippen LogP contribution >= 0.6 is 0 Å². The normalized spacial score (nSPS) is 13.0. The number of primary amides is 1. The molecule has 2 aromatic carbocycles. The number of alkyl carbamates (subject to hydrolysis) is 1. The maximum absolute atomic E-state index is 13.5. The standard InChI is InChI=1S/C31H40N4O7/c1-4-41-27(37)18-16-24(15-17-26(32)36)33-29(38)25(19-22-11-7-5-8-12-22)34-30(39)28(21(2)3)35-31(40)42-20-23-13-9-6-10-14-23/h5-14,16,18,21,24-25,28H,4,15,17,19-20H2,1-3H3,(H2,32,36)(H,33,38)(H,34,39)(H,35,40)/t24-,25-,28-/m0/s1. The number of hydrogen-bond acceptors (Lipinski definition) is 7. The summed E-state index contributed by atoms with van der Waals surface area (Å²) in [5.41, 5.74) is 6.86. The van der Waals surface area contributed by atoms with Crippen LogP contribution < -0.4 is 21.7 Å². The molecule has 5 N–H and O–H groups in total. The monoisotopic (exact) mass is 580 g/mol. The van der Waals surface area contributed by atoms with E-state index in [-0.39, 0.29) is 38.4 Å². The van der Waals surface area contributed by atoms with Gasteiger partial charge in [0.2, 0.25) is 17.7 Å². The van der Waals surface area contributed by atoms with Gasteiger partial charge in [-0.15, -0.1) is 0 Å². The highest BCUT2D eigenvalue weighted by atomic mass is 16.5. The lowest BCUT2D eigenvalue weighted by molar-refractivity contribution is -0.137. The molecule has 11 heteroatoms. The van der Waals surface area contributed by atoms with Gasteiger partial charge in [0, 0.05) is 25.0 Å². The minimum Gasteiger partial charge on any atom is -0.463 e. The summed E-state index contributed by atoms with van der Waals surface area (Å²) in [6.07, 6.45) is 2.05. The summed E-state index contributed by atoms with van der Waals surface area (Å²) in [4.78, 5) is 62.6. The Kier molecular flexibility index (Phi) is 14.3. The molecule has 0 fully saturated rings. The van der Waals surface area contributed by atoms with E-state index >= 15 is 0 Å². The van der Waals surface area contributed by atoms with Crippen LogP contribution in [0.3, 0.4) is 0 Å². The Morgan fingerprint density at radius 1 is 0.833 bits per heavy atom. The van der Waals surface area contributed by atoms with Gasteiger partial charge in [-0.25, -0.2) is 9.59 Å². The highest BCUT2D eigenvalue weighted by Gasteiger charge is 2.30. The van der Waals surface area contributed by atoms with Crippen molar-refractivity contribution in [3.63, 3.8) is 0 Å². The highest BCUT2D eigenvalue weighted by molar-refractivity contribution is 5.92. The molecular formula is C31H40N4O7. The number of rotatable bonds is 16. The van der Waals surface area contributed by atoms with Crippen molar-refractivity contribution in [2.24, 2.45) is 11.7 Å². The lowest BCUT2D eigenvalue weighted by Gasteiger charge is -2.26. The summed E-state index contributed by atoms with van der Waals surface area (Å²) < 4.78 is 10.2. The average Bonchev–Trinajstić information content (AvgIpc) is 2.96. The van der Waals surface area contributed by atoms with Gasteiger partial charge in [-0.2, -0.15) is 0 Å². The van der Waals surface area contributed by atoms with Crippen LogP contribution in [0.4, 0.5) is 4.79 Å². The van der Waals surface area contributed by atoms with E-state index in [2.05, 4.69) is 16.0 Å². The minimum atomic E-state index is -1.05. The molecule has 2 aromatic rings. The predicted molar refractivity (Wildman–Crippen MR) is 157 cm³/mol. The van der Waals surface area contributed by atoms with Gasteiger partial charge in [0.1, 0.15) is 18.7 Å². The predicted octanol–water partition coefficient (Wildman–Crippen LogP) is 2.53. The average molecular weight is 581 g/mol. The van der Waals surface area contributed by atoms with Crippen LogP contribution in [0.5, 0.6) is 0 Å². The maximum Gasteiger partial charge on any atom is 0.408 e. The summed E-state index contributed by atoms with van der Waals surface area (Å²) in [6, 6.07) is 15.4. The molecule has 2 rings (SSSR count). The molecule has 0 aliphatic carbocycles. The third kappa shape index (κ3) is 12.7. The Hall–Kier alpha value is -4.67. The van der Waals surface area contributed by atoms with Gasteiger partial charge in [0.05, 0.1) is 6.61 Å². The number of benzene rings is 2. The fraction of sp³-hybridized carbons (Fsp3) is 0.387. The molecule has 42 heavy (non-hydrogen) atoms. The number of amides is 4. The summed E-state index contributed by atoms with van der Waals surface area (Å²) in [5.74, 6) is -2.63. The maximum atomic E-state index is 13.5. The minimum absolute atomic E-state index is 0.0319. The lowest BCUT2D eigenvalue weighted by atomic mass is 10.0. The first-order valence-corrected chi connectivity index (χ1v) is 13.8. The number of nitrogens with one attached hydrogen (secondary N) is 3. The van der Waals surface area contributed by atoms with Gasteiger partial charge < -0.3 is 31.2 Å².